The second kappa shape index (κ2) is 5.06. The van der Waals surface area contributed by atoms with E-state index in [-0.39, 0.29) is 5.41 Å². The monoisotopic (exact) mass is 270 g/mol. The van der Waals surface area contributed by atoms with Crippen LogP contribution in [-0.4, -0.2) is 24.6 Å². The zero-order valence-electron chi connectivity index (χ0n) is 12.2. The van der Waals surface area contributed by atoms with Gasteiger partial charge < -0.3 is 10.6 Å². The molecule has 2 N–H and O–H groups in total. The van der Waals surface area contributed by atoms with Crippen LogP contribution in [0.5, 0.6) is 0 Å². The molecular formula is C16H22N4. The summed E-state index contributed by atoms with van der Waals surface area (Å²) in [6.07, 6.45) is 5.63. The van der Waals surface area contributed by atoms with Gasteiger partial charge in [0.25, 0.3) is 0 Å². The van der Waals surface area contributed by atoms with Gasteiger partial charge in [0.2, 0.25) is 0 Å². The molecule has 0 aromatic carbocycles. The number of nitriles is 1. The summed E-state index contributed by atoms with van der Waals surface area (Å²) in [7, 11) is 0. The molecule has 0 saturated carbocycles. The van der Waals surface area contributed by atoms with Gasteiger partial charge in [0, 0.05) is 18.8 Å². The fourth-order valence-electron chi connectivity index (χ4n) is 3.32. The van der Waals surface area contributed by atoms with E-state index in [0.717, 1.165) is 43.7 Å². The number of aromatic nitrogens is 1. The van der Waals surface area contributed by atoms with Crippen LogP contribution in [0.3, 0.4) is 0 Å². The Morgan fingerprint density at radius 3 is 2.95 bits per heavy atom. The van der Waals surface area contributed by atoms with Crippen LogP contribution in [0.2, 0.25) is 0 Å². The summed E-state index contributed by atoms with van der Waals surface area (Å²) in [6.45, 7) is 4.77. The first-order chi connectivity index (χ1) is 9.65. The van der Waals surface area contributed by atoms with E-state index in [0.29, 0.717) is 6.54 Å². The van der Waals surface area contributed by atoms with Crippen LogP contribution in [0.1, 0.15) is 43.0 Å². The molecule has 4 heteroatoms. The van der Waals surface area contributed by atoms with Gasteiger partial charge in [0.15, 0.2) is 0 Å². The van der Waals surface area contributed by atoms with Gasteiger partial charge in [-0.25, -0.2) is 4.98 Å². The number of hydrogen-bond donors (Lipinski definition) is 1. The Bertz CT molecular complexity index is 560. The molecule has 0 amide bonds. The lowest BCUT2D eigenvalue weighted by Crippen LogP contribution is -2.32. The molecule has 0 bridgehead atoms. The summed E-state index contributed by atoms with van der Waals surface area (Å²) in [5, 5.41) is 9.43. The van der Waals surface area contributed by atoms with Gasteiger partial charge in [0.05, 0.1) is 5.56 Å². The fourth-order valence-corrected chi connectivity index (χ4v) is 3.32. The molecule has 3 rings (SSSR count). The van der Waals surface area contributed by atoms with E-state index < -0.39 is 0 Å². The van der Waals surface area contributed by atoms with E-state index in [1.54, 1.807) is 0 Å². The molecule has 2 heterocycles. The van der Waals surface area contributed by atoms with Gasteiger partial charge in [-0.05, 0) is 55.7 Å². The molecule has 1 aliphatic heterocycles. The lowest BCUT2D eigenvalue weighted by Gasteiger charge is -2.25. The Morgan fingerprint density at radius 2 is 2.25 bits per heavy atom. The number of pyridine rings is 1. The summed E-state index contributed by atoms with van der Waals surface area (Å²) in [4.78, 5) is 7.08. The van der Waals surface area contributed by atoms with Gasteiger partial charge in [-0.3, -0.25) is 0 Å². The normalized spacial score (nSPS) is 25.4. The minimum atomic E-state index is 0.157. The van der Waals surface area contributed by atoms with Crippen molar-refractivity contribution in [3.05, 3.63) is 22.9 Å². The number of rotatable bonds is 2. The maximum atomic E-state index is 9.43. The highest BCUT2D eigenvalue weighted by atomic mass is 15.2. The molecule has 1 aliphatic carbocycles. The number of fused-ring (bicyclic) bond motifs is 1. The third kappa shape index (κ3) is 2.27. The van der Waals surface area contributed by atoms with Crippen LogP contribution in [0, 0.1) is 16.7 Å². The van der Waals surface area contributed by atoms with Crippen LogP contribution in [-0.2, 0) is 12.8 Å². The van der Waals surface area contributed by atoms with Crippen LogP contribution in [0.25, 0.3) is 0 Å². The number of aryl methyl sites for hydroxylation is 2. The van der Waals surface area contributed by atoms with E-state index in [1.165, 1.54) is 24.1 Å². The molecule has 1 aromatic heterocycles. The van der Waals surface area contributed by atoms with Crippen LogP contribution in [0.4, 0.5) is 5.82 Å². The molecule has 20 heavy (non-hydrogen) atoms. The zero-order valence-corrected chi connectivity index (χ0v) is 12.2. The second-order valence-electron chi connectivity index (χ2n) is 6.47. The summed E-state index contributed by atoms with van der Waals surface area (Å²) >= 11 is 0. The largest absolute Gasteiger partial charge is 0.355 e. The Labute approximate surface area is 120 Å². The maximum Gasteiger partial charge on any atom is 0.146 e. The van der Waals surface area contributed by atoms with Gasteiger partial charge >= 0.3 is 0 Å². The molecule has 2 aliphatic rings. The van der Waals surface area contributed by atoms with Crippen LogP contribution in [0.15, 0.2) is 6.07 Å². The van der Waals surface area contributed by atoms with E-state index in [9.17, 15) is 5.26 Å². The molecular weight excluding hydrogens is 248 g/mol. The second-order valence-corrected chi connectivity index (χ2v) is 6.47. The maximum absolute atomic E-state index is 9.43. The molecule has 1 aromatic rings. The van der Waals surface area contributed by atoms with Gasteiger partial charge in [-0.2, -0.15) is 5.26 Å². The van der Waals surface area contributed by atoms with E-state index >= 15 is 0 Å². The van der Waals surface area contributed by atoms with Crippen molar-refractivity contribution in [2.24, 2.45) is 11.1 Å². The van der Waals surface area contributed by atoms with Crippen LogP contribution >= 0.6 is 0 Å². The molecule has 1 unspecified atom stereocenters. The number of hydrogen-bond acceptors (Lipinski definition) is 4. The van der Waals surface area contributed by atoms with Crippen molar-refractivity contribution < 1.29 is 0 Å². The van der Waals surface area contributed by atoms with E-state index in [1.807, 2.05) is 0 Å². The molecule has 1 saturated heterocycles. The molecule has 106 valence electrons. The first kappa shape index (κ1) is 13.4. The Balaban J connectivity index is 1.95. The predicted octanol–water partition coefficient (Wildman–Crippen LogP) is 2.01. The molecule has 0 spiro atoms. The highest BCUT2D eigenvalue weighted by Crippen LogP contribution is 2.34. The van der Waals surface area contributed by atoms with Crippen molar-refractivity contribution in [1.29, 1.82) is 5.26 Å². The molecule has 4 nitrogen and oxygen atoms in total. The van der Waals surface area contributed by atoms with Crippen molar-refractivity contribution >= 4 is 5.82 Å². The van der Waals surface area contributed by atoms with Gasteiger partial charge in [-0.1, -0.05) is 6.92 Å². The summed E-state index contributed by atoms with van der Waals surface area (Å²) in [5.74, 6) is 0.880. The molecule has 1 fully saturated rings. The summed E-state index contributed by atoms with van der Waals surface area (Å²) in [5.41, 5.74) is 9.24. The average molecular weight is 270 g/mol. The Morgan fingerprint density at radius 1 is 1.45 bits per heavy atom. The third-order valence-corrected chi connectivity index (χ3v) is 4.75. The quantitative estimate of drug-likeness (QED) is 0.892. The van der Waals surface area contributed by atoms with E-state index in [4.69, 9.17) is 10.7 Å². The van der Waals surface area contributed by atoms with Crippen molar-refractivity contribution in [2.75, 3.05) is 24.5 Å². The number of nitrogens with two attached hydrogens (primary N) is 1. The number of nitrogens with zero attached hydrogens (tertiary/aromatic N) is 3. The Kier molecular flexibility index (Phi) is 3.39. The Hall–Kier alpha value is -1.60. The topological polar surface area (TPSA) is 65.9 Å². The standard InChI is InChI=1S/C16H22N4/c1-16(10-18)6-7-20(11-16)15-13(9-17)8-12-4-2-3-5-14(12)19-15/h8H,2-7,10-11,18H2,1H3. The zero-order chi connectivity index (χ0) is 14.2. The van der Waals surface area contributed by atoms with Crippen molar-refractivity contribution in [1.82, 2.24) is 4.98 Å². The van der Waals surface area contributed by atoms with Crippen molar-refractivity contribution in [3.8, 4) is 6.07 Å². The highest BCUT2D eigenvalue weighted by molar-refractivity contribution is 5.57. The SMILES string of the molecule is CC1(CN)CCN(c2nc3c(cc2C#N)CCCC3)C1. The van der Waals surface area contributed by atoms with Gasteiger partial charge in [-0.15, -0.1) is 0 Å². The summed E-state index contributed by atoms with van der Waals surface area (Å²) in [6, 6.07) is 4.40. The molecule has 0 radical (unpaired) electrons. The minimum Gasteiger partial charge on any atom is -0.355 e. The van der Waals surface area contributed by atoms with Crippen molar-refractivity contribution in [2.45, 2.75) is 39.0 Å². The first-order valence-electron chi connectivity index (χ1n) is 7.53. The molecule has 1 atom stereocenters. The summed E-state index contributed by atoms with van der Waals surface area (Å²) < 4.78 is 0. The third-order valence-electron chi connectivity index (χ3n) is 4.75. The smallest absolute Gasteiger partial charge is 0.146 e. The van der Waals surface area contributed by atoms with Crippen molar-refractivity contribution in [3.63, 3.8) is 0 Å². The minimum absolute atomic E-state index is 0.157. The number of anilines is 1. The highest BCUT2D eigenvalue weighted by Gasteiger charge is 2.34. The fraction of sp³-hybridized carbons (Fsp3) is 0.625. The van der Waals surface area contributed by atoms with Gasteiger partial charge in [0.1, 0.15) is 11.9 Å². The lowest BCUT2D eigenvalue weighted by atomic mass is 9.90. The first-order valence-corrected chi connectivity index (χ1v) is 7.53. The lowest BCUT2D eigenvalue weighted by molar-refractivity contribution is 0.383. The predicted molar refractivity (Wildman–Crippen MR) is 79.6 cm³/mol. The van der Waals surface area contributed by atoms with Crippen LogP contribution < -0.4 is 10.6 Å². The average Bonchev–Trinajstić information content (AvgIpc) is 2.89. The van der Waals surface area contributed by atoms with E-state index in [2.05, 4.69) is 24.0 Å².